The van der Waals surface area contributed by atoms with Crippen LogP contribution in [0.2, 0.25) is 5.21 Å². The minimum absolute atomic E-state index is 1.06. The number of benzene rings is 2. The maximum atomic E-state index is 2.30. The Hall–Kier alpha value is -0.652. The quantitative estimate of drug-likeness (QED) is 0.765. The third-order valence-corrected chi connectivity index (χ3v) is 9.20. The summed E-state index contributed by atoms with van der Waals surface area (Å²) in [7, 11) is 0. The molecule has 0 atom stereocenters. The summed E-state index contributed by atoms with van der Waals surface area (Å²) in [6, 6.07) is 22.1. The third kappa shape index (κ3) is 3.66. The van der Waals surface area contributed by atoms with Crippen LogP contribution in [0.5, 0.6) is 0 Å². The van der Waals surface area contributed by atoms with E-state index in [0.29, 0.717) is 0 Å². The van der Waals surface area contributed by atoms with E-state index in [1.807, 2.05) is 11.8 Å². The number of thioether (sulfide) groups is 1. The van der Waals surface area contributed by atoms with Crippen molar-refractivity contribution in [2.24, 2.45) is 0 Å². The molecule has 2 rings (SSSR count). The van der Waals surface area contributed by atoms with Crippen LogP contribution in [0.4, 0.5) is 0 Å². The van der Waals surface area contributed by atoms with E-state index in [9.17, 15) is 0 Å². The molecule has 17 heavy (non-hydrogen) atoms. The van der Waals surface area contributed by atoms with E-state index in [2.05, 4.69) is 66.9 Å². The zero-order valence-corrected chi connectivity index (χ0v) is 12.7. The van der Waals surface area contributed by atoms with Crippen molar-refractivity contribution in [1.82, 2.24) is 0 Å². The number of hydrogen-bond donors (Lipinski definition) is 0. The first-order chi connectivity index (χ1) is 8.42. The monoisotopic (exact) mass is 304 g/mol. The molecule has 2 aromatic carbocycles. The van der Waals surface area contributed by atoms with Crippen LogP contribution >= 0.6 is 11.8 Å². The van der Waals surface area contributed by atoms with Gasteiger partial charge in [0.05, 0.1) is 0 Å². The molecule has 0 amide bonds. The predicted octanol–water partition coefficient (Wildman–Crippen LogP) is 2.66. The molecule has 0 aliphatic heterocycles. The summed E-state index contributed by atoms with van der Waals surface area (Å²) in [5, 5.41) is 1.35. The van der Waals surface area contributed by atoms with E-state index < -0.39 is 14.7 Å². The Morgan fingerprint density at radius 3 is 1.71 bits per heavy atom. The van der Waals surface area contributed by atoms with Gasteiger partial charge in [-0.1, -0.05) is 0 Å². The second kappa shape index (κ2) is 6.93. The molecular weight excluding hydrogens is 287 g/mol. The maximum absolute atomic E-state index is 2.30. The molecule has 88 valence electrons. The fourth-order valence-electron chi connectivity index (χ4n) is 1.81. The second-order valence-electron chi connectivity index (χ2n) is 3.82. The fourth-order valence-corrected chi connectivity index (χ4v) is 8.41. The average molecular weight is 304 g/mol. The van der Waals surface area contributed by atoms with Gasteiger partial charge < -0.3 is 0 Å². The summed E-state index contributed by atoms with van der Waals surface area (Å²) in [6.07, 6.45) is 2.20. The standard InChI is InChI=1S/C15H17AsS/c1-17-13-12-16(14-8-4-2-5-9-14)15-10-6-3-7-11-15/h2-11H,12-13H2,1H3. The van der Waals surface area contributed by atoms with Crippen molar-refractivity contribution in [2.75, 3.05) is 12.0 Å². The summed E-state index contributed by atoms with van der Waals surface area (Å²) >= 11 is 0.891. The SMILES string of the molecule is CSCC[As](c1ccccc1)c1ccccc1. The van der Waals surface area contributed by atoms with Gasteiger partial charge in [0, 0.05) is 0 Å². The van der Waals surface area contributed by atoms with Crippen molar-refractivity contribution in [3.63, 3.8) is 0 Å². The van der Waals surface area contributed by atoms with Crippen LogP contribution in [0.1, 0.15) is 0 Å². The Labute approximate surface area is 113 Å². The van der Waals surface area contributed by atoms with Crippen molar-refractivity contribution in [1.29, 1.82) is 0 Å². The second-order valence-corrected chi connectivity index (χ2v) is 9.70. The summed E-state index contributed by atoms with van der Waals surface area (Å²) in [4.78, 5) is 0. The molecule has 0 aliphatic rings. The van der Waals surface area contributed by atoms with E-state index in [0.717, 1.165) is 0 Å². The summed E-state index contributed by atoms with van der Waals surface area (Å²) in [5.41, 5.74) is 0. The normalized spacial score (nSPS) is 10.7. The topological polar surface area (TPSA) is 0 Å². The van der Waals surface area contributed by atoms with Crippen LogP contribution in [-0.2, 0) is 0 Å². The van der Waals surface area contributed by atoms with Gasteiger partial charge in [0.25, 0.3) is 0 Å². The zero-order valence-electron chi connectivity index (χ0n) is 10.0. The van der Waals surface area contributed by atoms with Crippen molar-refractivity contribution in [3.8, 4) is 0 Å². The molecule has 0 heterocycles. The Morgan fingerprint density at radius 1 is 0.824 bits per heavy atom. The van der Waals surface area contributed by atoms with Crippen LogP contribution < -0.4 is 8.70 Å². The van der Waals surface area contributed by atoms with Crippen molar-refractivity contribution in [2.45, 2.75) is 5.21 Å². The van der Waals surface area contributed by atoms with E-state index in [4.69, 9.17) is 0 Å². The van der Waals surface area contributed by atoms with Crippen molar-refractivity contribution in [3.05, 3.63) is 60.7 Å². The first kappa shape index (κ1) is 12.8. The molecule has 0 saturated carbocycles. The molecule has 0 N–H and O–H groups in total. The molecule has 2 aromatic rings. The molecular formula is C15H17AsS. The van der Waals surface area contributed by atoms with Gasteiger partial charge in [0.1, 0.15) is 0 Å². The van der Waals surface area contributed by atoms with E-state index >= 15 is 0 Å². The third-order valence-electron chi connectivity index (χ3n) is 2.65. The van der Waals surface area contributed by atoms with Gasteiger partial charge in [0.2, 0.25) is 0 Å². The van der Waals surface area contributed by atoms with Gasteiger partial charge in [-0.05, 0) is 0 Å². The Balaban J connectivity index is 2.26. The molecule has 0 unspecified atom stereocenters. The number of hydrogen-bond acceptors (Lipinski definition) is 1. The van der Waals surface area contributed by atoms with Gasteiger partial charge in [0.15, 0.2) is 0 Å². The van der Waals surface area contributed by atoms with Crippen molar-refractivity contribution < 1.29 is 0 Å². The van der Waals surface area contributed by atoms with Gasteiger partial charge in [-0.2, -0.15) is 0 Å². The first-order valence-electron chi connectivity index (χ1n) is 5.78. The average Bonchev–Trinajstić information content (AvgIpc) is 2.42. The number of rotatable bonds is 5. The van der Waals surface area contributed by atoms with Gasteiger partial charge >= 0.3 is 113 Å². The molecule has 0 saturated heterocycles. The van der Waals surface area contributed by atoms with Crippen LogP contribution in [0.25, 0.3) is 0 Å². The predicted molar refractivity (Wildman–Crippen MR) is 81.1 cm³/mol. The molecule has 0 bridgehead atoms. The molecule has 0 aromatic heterocycles. The van der Waals surface area contributed by atoms with E-state index in [-0.39, 0.29) is 0 Å². The fraction of sp³-hybridized carbons (Fsp3) is 0.200. The zero-order chi connectivity index (χ0) is 11.9. The molecule has 0 spiro atoms. The summed E-state index contributed by atoms with van der Waals surface area (Å²) in [5.74, 6) is 1.27. The van der Waals surface area contributed by atoms with Crippen molar-refractivity contribution >= 4 is 35.1 Å². The Kier molecular flexibility index (Phi) is 5.22. The Morgan fingerprint density at radius 2 is 1.29 bits per heavy atom. The van der Waals surface area contributed by atoms with Crippen LogP contribution in [0, 0.1) is 0 Å². The Bertz CT molecular complexity index is 388. The molecule has 2 heteroatoms. The van der Waals surface area contributed by atoms with Gasteiger partial charge in [-0.15, -0.1) is 0 Å². The molecule has 0 aliphatic carbocycles. The van der Waals surface area contributed by atoms with Gasteiger partial charge in [-0.3, -0.25) is 0 Å². The first-order valence-corrected chi connectivity index (χ1v) is 10.4. The molecule has 0 fully saturated rings. The molecule has 0 nitrogen and oxygen atoms in total. The van der Waals surface area contributed by atoms with Gasteiger partial charge in [-0.25, -0.2) is 0 Å². The van der Waals surface area contributed by atoms with E-state index in [1.54, 1.807) is 8.70 Å². The van der Waals surface area contributed by atoms with Crippen LogP contribution in [0.3, 0.4) is 0 Å². The minimum atomic E-state index is -1.06. The van der Waals surface area contributed by atoms with Crippen LogP contribution in [0.15, 0.2) is 60.7 Å². The summed E-state index contributed by atoms with van der Waals surface area (Å²) < 4.78 is 3.14. The van der Waals surface area contributed by atoms with Crippen LogP contribution in [-0.4, -0.2) is 26.7 Å². The molecule has 0 radical (unpaired) electrons. The summed E-state index contributed by atoms with van der Waals surface area (Å²) in [6.45, 7) is 0. The van der Waals surface area contributed by atoms with E-state index in [1.165, 1.54) is 11.0 Å².